The minimum Gasteiger partial charge on any atom is -0.484 e. The zero-order valence-corrected chi connectivity index (χ0v) is 12.7. The molecule has 5 nitrogen and oxygen atoms in total. The molecule has 1 unspecified atom stereocenters. The van der Waals surface area contributed by atoms with Gasteiger partial charge in [-0.1, -0.05) is 28.9 Å². The van der Waals surface area contributed by atoms with Crippen molar-refractivity contribution in [3.05, 3.63) is 28.7 Å². The Morgan fingerprint density at radius 1 is 1.50 bits per heavy atom. The molecule has 1 heterocycles. The normalized spacial score (nSPS) is 16.4. The van der Waals surface area contributed by atoms with Crippen molar-refractivity contribution in [1.29, 1.82) is 0 Å². The molecule has 0 radical (unpaired) electrons. The second-order valence-corrected chi connectivity index (χ2v) is 5.85. The molecule has 1 saturated heterocycles. The number of benzene rings is 1. The fourth-order valence-electron chi connectivity index (χ4n) is 2.03. The molecule has 108 valence electrons. The highest BCUT2D eigenvalue weighted by Crippen LogP contribution is 2.24. The summed E-state index contributed by atoms with van der Waals surface area (Å²) in [5, 5.41) is 8.89. The van der Waals surface area contributed by atoms with Crippen LogP contribution in [0.1, 0.15) is 6.92 Å². The Balaban J connectivity index is 1.76. The van der Waals surface area contributed by atoms with Crippen molar-refractivity contribution in [2.75, 3.05) is 19.7 Å². The number of likely N-dealkylation sites (tertiary alicyclic amines) is 1. The van der Waals surface area contributed by atoms with Crippen LogP contribution in [0.15, 0.2) is 28.7 Å². The molecule has 0 bridgehead atoms. The van der Waals surface area contributed by atoms with E-state index in [9.17, 15) is 9.59 Å². The highest BCUT2D eigenvalue weighted by Gasteiger charge is 2.37. The van der Waals surface area contributed by atoms with Crippen molar-refractivity contribution in [3.63, 3.8) is 0 Å². The Morgan fingerprint density at radius 2 is 2.20 bits per heavy atom. The SMILES string of the molecule is CC(C(=O)O)C1CN(C(=O)COc2cccc(Br)c2)C1. The smallest absolute Gasteiger partial charge is 0.306 e. The van der Waals surface area contributed by atoms with Crippen molar-refractivity contribution >= 4 is 27.8 Å². The molecule has 20 heavy (non-hydrogen) atoms. The second-order valence-electron chi connectivity index (χ2n) is 4.93. The average Bonchev–Trinajstić information content (AvgIpc) is 2.34. The lowest BCUT2D eigenvalue weighted by Gasteiger charge is -2.41. The topological polar surface area (TPSA) is 66.8 Å². The highest BCUT2D eigenvalue weighted by atomic mass is 79.9. The molecule has 1 fully saturated rings. The standard InChI is InChI=1S/C14H16BrNO4/c1-9(14(18)19)10-6-16(7-10)13(17)8-20-12-4-2-3-11(15)5-12/h2-5,9-10H,6-8H2,1H3,(H,18,19). The van der Waals surface area contributed by atoms with Gasteiger partial charge in [-0.25, -0.2) is 0 Å². The largest absolute Gasteiger partial charge is 0.484 e. The van der Waals surface area contributed by atoms with E-state index in [1.54, 1.807) is 24.0 Å². The maximum Gasteiger partial charge on any atom is 0.306 e. The molecular formula is C14H16BrNO4. The zero-order valence-electron chi connectivity index (χ0n) is 11.1. The van der Waals surface area contributed by atoms with E-state index in [4.69, 9.17) is 9.84 Å². The van der Waals surface area contributed by atoms with E-state index < -0.39 is 11.9 Å². The van der Waals surface area contributed by atoms with Crippen LogP contribution in [0.4, 0.5) is 0 Å². The highest BCUT2D eigenvalue weighted by molar-refractivity contribution is 9.10. The average molecular weight is 342 g/mol. The summed E-state index contributed by atoms with van der Waals surface area (Å²) in [5.74, 6) is -0.664. The van der Waals surface area contributed by atoms with Gasteiger partial charge >= 0.3 is 5.97 Å². The monoisotopic (exact) mass is 341 g/mol. The van der Waals surface area contributed by atoms with Crippen LogP contribution < -0.4 is 4.74 Å². The molecule has 1 atom stereocenters. The van der Waals surface area contributed by atoms with Crippen molar-refractivity contribution in [2.24, 2.45) is 11.8 Å². The van der Waals surface area contributed by atoms with Gasteiger partial charge in [0.05, 0.1) is 5.92 Å². The van der Waals surface area contributed by atoms with Gasteiger partial charge in [0, 0.05) is 23.5 Å². The van der Waals surface area contributed by atoms with Crippen LogP contribution in [-0.2, 0) is 9.59 Å². The summed E-state index contributed by atoms with van der Waals surface area (Å²) in [4.78, 5) is 24.3. The van der Waals surface area contributed by atoms with Gasteiger partial charge in [-0.3, -0.25) is 9.59 Å². The number of ether oxygens (including phenoxy) is 1. The molecule has 0 spiro atoms. The van der Waals surface area contributed by atoms with Crippen LogP contribution in [0.5, 0.6) is 5.75 Å². The predicted molar refractivity (Wildman–Crippen MR) is 76.5 cm³/mol. The number of carbonyl (C=O) groups excluding carboxylic acids is 1. The number of carbonyl (C=O) groups is 2. The van der Waals surface area contributed by atoms with Crippen molar-refractivity contribution in [1.82, 2.24) is 4.90 Å². The lowest BCUT2D eigenvalue weighted by atomic mass is 9.87. The molecule has 2 rings (SSSR count). The van der Waals surface area contributed by atoms with E-state index in [0.717, 1.165) is 4.47 Å². The van der Waals surface area contributed by atoms with Gasteiger partial charge in [0.25, 0.3) is 5.91 Å². The molecule has 0 aromatic heterocycles. The number of nitrogens with zero attached hydrogens (tertiary/aromatic N) is 1. The lowest BCUT2D eigenvalue weighted by molar-refractivity contribution is -0.151. The molecule has 1 aliphatic heterocycles. The Hall–Kier alpha value is -1.56. The van der Waals surface area contributed by atoms with E-state index in [1.165, 1.54) is 0 Å². The zero-order chi connectivity index (χ0) is 14.7. The van der Waals surface area contributed by atoms with E-state index in [-0.39, 0.29) is 18.4 Å². The summed E-state index contributed by atoms with van der Waals surface area (Å²) in [5.41, 5.74) is 0. The summed E-state index contributed by atoms with van der Waals surface area (Å²) in [7, 11) is 0. The number of aliphatic carboxylic acids is 1. The van der Waals surface area contributed by atoms with Crippen LogP contribution >= 0.6 is 15.9 Å². The van der Waals surface area contributed by atoms with E-state index in [2.05, 4.69) is 15.9 Å². The van der Waals surface area contributed by atoms with Gasteiger partial charge in [-0.15, -0.1) is 0 Å². The number of hydrogen-bond acceptors (Lipinski definition) is 3. The summed E-state index contributed by atoms with van der Waals surface area (Å²) >= 11 is 3.33. The fourth-order valence-corrected chi connectivity index (χ4v) is 2.41. The molecule has 1 aliphatic rings. The van der Waals surface area contributed by atoms with Crippen molar-refractivity contribution < 1.29 is 19.4 Å². The number of carboxylic acid groups (broad SMARTS) is 1. The summed E-state index contributed by atoms with van der Waals surface area (Å²) in [6.45, 7) is 2.64. The quantitative estimate of drug-likeness (QED) is 0.889. The first-order chi connectivity index (χ1) is 9.47. The minimum atomic E-state index is -0.813. The van der Waals surface area contributed by atoms with Gasteiger partial charge in [-0.05, 0) is 18.2 Å². The van der Waals surface area contributed by atoms with Gasteiger partial charge in [0.1, 0.15) is 5.75 Å². The minimum absolute atomic E-state index is 0.0232. The molecule has 1 aromatic rings. The van der Waals surface area contributed by atoms with Crippen LogP contribution in [0.25, 0.3) is 0 Å². The first kappa shape index (κ1) is 14.8. The molecule has 1 amide bonds. The second kappa shape index (κ2) is 6.26. The Kier molecular flexibility index (Phi) is 4.65. The third-order valence-corrected chi connectivity index (χ3v) is 4.01. The summed E-state index contributed by atoms with van der Waals surface area (Å²) in [6, 6.07) is 7.28. The van der Waals surface area contributed by atoms with E-state index >= 15 is 0 Å². The summed E-state index contributed by atoms with van der Waals surface area (Å²) < 4.78 is 6.30. The number of halogens is 1. The maximum atomic E-state index is 11.9. The van der Waals surface area contributed by atoms with Gasteiger partial charge in [0.2, 0.25) is 0 Å². The summed E-state index contributed by atoms with van der Waals surface area (Å²) in [6.07, 6.45) is 0. The van der Waals surface area contributed by atoms with Crippen LogP contribution in [0.3, 0.4) is 0 Å². The fraction of sp³-hybridized carbons (Fsp3) is 0.429. The van der Waals surface area contributed by atoms with E-state index in [0.29, 0.717) is 18.8 Å². The Labute approximate surface area is 125 Å². The molecule has 6 heteroatoms. The molecule has 1 N–H and O–H groups in total. The van der Waals surface area contributed by atoms with Crippen LogP contribution in [-0.4, -0.2) is 41.6 Å². The van der Waals surface area contributed by atoms with Crippen molar-refractivity contribution in [3.8, 4) is 5.75 Å². The number of hydrogen-bond donors (Lipinski definition) is 1. The van der Waals surface area contributed by atoms with Gasteiger partial charge in [0.15, 0.2) is 6.61 Å². The van der Waals surface area contributed by atoms with E-state index in [1.807, 2.05) is 12.1 Å². The van der Waals surface area contributed by atoms with Crippen LogP contribution in [0.2, 0.25) is 0 Å². The van der Waals surface area contributed by atoms with Crippen molar-refractivity contribution in [2.45, 2.75) is 6.92 Å². The van der Waals surface area contributed by atoms with Crippen LogP contribution in [0, 0.1) is 11.8 Å². The molecule has 0 saturated carbocycles. The van der Waals surface area contributed by atoms with Gasteiger partial charge in [-0.2, -0.15) is 0 Å². The first-order valence-electron chi connectivity index (χ1n) is 6.36. The third kappa shape index (κ3) is 3.50. The molecule has 0 aliphatic carbocycles. The molecular weight excluding hydrogens is 326 g/mol. The third-order valence-electron chi connectivity index (χ3n) is 3.52. The Bertz CT molecular complexity index is 514. The lowest BCUT2D eigenvalue weighted by Crippen LogP contribution is -2.54. The molecule has 1 aromatic carbocycles. The maximum absolute atomic E-state index is 11.9. The Morgan fingerprint density at radius 3 is 2.80 bits per heavy atom. The number of amides is 1. The first-order valence-corrected chi connectivity index (χ1v) is 7.15. The van der Waals surface area contributed by atoms with Gasteiger partial charge < -0.3 is 14.7 Å². The number of carboxylic acids is 1. The number of rotatable bonds is 5. The predicted octanol–water partition coefficient (Wildman–Crippen LogP) is 2.01.